The molecule has 0 bridgehead atoms. The van der Waals surface area contributed by atoms with Gasteiger partial charge in [-0.1, -0.05) is 41.9 Å². The lowest BCUT2D eigenvalue weighted by molar-refractivity contribution is -0.143. The highest BCUT2D eigenvalue weighted by molar-refractivity contribution is 6.31. The second-order valence-electron chi connectivity index (χ2n) is 4.34. The normalized spacial score (nSPS) is 11.8. The van der Waals surface area contributed by atoms with E-state index in [0.29, 0.717) is 10.6 Å². The molecule has 0 saturated heterocycles. The predicted molar refractivity (Wildman–Crippen MR) is 78.1 cm³/mol. The zero-order valence-corrected chi connectivity index (χ0v) is 12.1. The van der Waals surface area contributed by atoms with Crippen LogP contribution in [0.4, 0.5) is 4.39 Å². The standard InChI is InChI=1S/C16H14ClFO3/c1-20-16(19)12(11-6-2-3-7-13(11)17)10-21-15-9-5-4-8-14(15)18/h2-9,12H,10H2,1H3. The first-order chi connectivity index (χ1) is 10.1. The molecule has 0 aliphatic rings. The maximum absolute atomic E-state index is 13.5. The summed E-state index contributed by atoms with van der Waals surface area (Å²) in [5.74, 6) is -1.61. The lowest BCUT2D eigenvalue weighted by Gasteiger charge is -2.17. The number of carbonyl (C=O) groups excluding carboxylic acids is 1. The Bertz CT molecular complexity index is 630. The number of para-hydroxylation sites is 1. The summed E-state index contributed by atoms with van der Waals surface area (Å²) in [5, 5.41) is 0.435. The Balaban J connectivity index is 2.21. The Morgan fingerprint density at radius 3 is 2.52 bits per heavy atom. The molecule has 0 radical (unpaired) electrons. The van der Waals surface area contributed by atoms with Gasteiger partial charge in [0.15, 0.2) is 11.6 Å². The molecular weight excluding hydrogens is 295 g/mol. The van der Waals surface area contributed by atoms with Crippen molar-refractivity contribution in [3.05, 3.63) is 64.9 Å². The summed E-state index contributed by atoms with van der Waals surface area (Å²) in [7, 11) is 1.29. The van der Waals surface area contributed by atoms with Crippen LogP contribution in [-0.2, 0) is 9.53 Å². The molecule has 0 aromatic heterocycles. The molecule has 1 atom stereocenters. The Morgan fingerprint density at radius 2 is 1.86 bits per heavy atom. The first-order valence-corrected chi connectivity index (χ1v) is 6.71. The van der Waals surface area contributed by atoms with Gasteiger partial charge < -0.3 is 9.47 Å². The van der Waals surface area contributed by atoms with Gasteiger partial charge in [0.05, 0.1) is 7.11 Å². The van der Waals surface area contributed by atoms with E-state index in [2.05, 4.69) is 0 Å². The molecule has 0 amide bonds. The van der Waals surface area contributed by atoms with Crippen LogP contribution in [0.1, 0.15) is 11.5 Å². The van der Waals surface area contributed by atoms with Crippen molar-refractivity contribution < 1.29 is 18.7 Å². The largest absolute Gasteiger partial charge is 0.489 e. The van der Waals surface area contributed by atoms with Crippen LogP contribution in [0, 0.1) is 5.82 Å². The third-order valence-corrected chi connectivity index (χ3v) is 3.35. The summed E-state index contributed by atoms with van der Waals surface area (Å²) in [5.41, 5.74) is 0.586. The molecule has 110 valence electrons. The molecule has 2 aromatic rings. The van der Waals surface area contributed by atoms with Crippen LogP contribution in [0.25, 0.3) is 0 Å². The van der Waals surface area contributed by atoms with Gasteiger partial charge in [0.25, 0.3) is 0 Å². The van der Waals surface area contributed by atoms with Crippen LogP contribution in [0.3, 0.4) is 0 Å². The van der Waals surface area contributed by atoms with Crippen LogP contribution in [0.2, 0.25) is 5.02 Å². The second-order valence-corrected chi connectivity index (χ2v) is 4.75. The zero-order chi connectivity index (χ0) is 15.2. The molecule has 1 unspecified atom stereocenters. The summed E-state index contributed by atoms with van der Waals surface area (Å²) in [6.07, 6.45) is 0. The lowest BCUT2D eigenvalue weighted by Crippen LogP contribution is -2.21. The third kappa shape index (κ3) is 3.73. The highest BCUT2D eigenvalue weighted by Crippen LogP contribution is 2.27. The van der Waals surface area contributed by atoms with Crippen molar-refractivity contribution in [1.82, 2.24) is 0 Å². The van der Waals surface area contributed by atoms with Gasteiger partial charge in [0.1, 0.15) is 12.5 Å². The van der Waals surface area contributed by atoms with Gasteiger partial charge in [0.2, 0.25) is 0 Å². The monoisotopic (exact) mass is 308 g/mol. The SMILES string of the molecule is COC(=O)C(COc1ccccc1F)c1ccccc1Cl. The van der Waals surface area contributed by atoms with Crippen molar-refractivity contribution in [3.63, 3.8) is 0 Å². The van der Waals surface area contributed by atoms with Gasteiger partial charge in [-0.25, -0.2) is 4.39 Å². The van der Waals surface area contributed by atoms with E-state index in [4.69, 9.17) is 21.1 Å². The minimum atomic E-state index is -0.719. The number of benzene rings is 2. The number of rotatable bonds is 5. The molecule has 0 heterocycles. The van der Waals surface area contributed by atoms with Crippen LogP contribution in [-0.4, -0.2) is 19.7 Å². The van der Waals surface area contributed by atoms with Crippen molar-refractivity contribution in [3.8, 4) is 5.75 Å². The molecule has 0 aliphatic heterocycles. The molecule has 0 fully saturated rings. The van der Waals surface area contributed by atoms with Gasteiger partial charge in [-0.15, -0.1) is 0 Å². The summed E-state index contributed by atoms with van der Waals surface area (Å²) < 4.78 is 23.7. The minimum Gasteiger partial charge on any atom is -0.489 e. The average Bonchev–Trinajstić information content (AvgIpc) is 2.50. The third-order valence-electron chi connectivity index (χ3n) is 3.01. The van der Waals surface area contributed by atoms with E-state index in [9.17, 15) is 9.18 Å². The number of esters is 1. The molecule has 21 heavy (non-hydrogen) atoms. The fraction of sp³-hybridized carbons (Fsp3) is 0.188. The second kappa shape index (κ2) is 7.09. The molecule has 0 aliphatic carbocycles. The van der Waals surface area contributed by atoms with Crippen molar-refractivity contribution in [2.24, 2.45) is 0 Å². The quantitative estimate of drug-likeness (QED) is 0.788. The Kier molecular flexibility index (Phi) is 5.17. The molecule has 2 aromatic carbocycles. The van der Waals surface area contributed by atoms with E-state index in [1.54, 1.807) is 36.4 Å². The summed E-state index contributed by atoms with van der Waals surface area (Å²) >= 11 is 6.10. The minimum absolute atomic E-state index is 0.0582. The van der Waals surface area contributed by atoms with Crippen LogP contribution < -0.4 is 4.74 Å². The topological polar surface area (TPSA) is 35.5 Å². The lowest BCUT2D eigenvalue weighted by atomic mass is 10.00. The Hall–Kier alpha value is -2.07. The van der Waals surface area contributed by atoms with Crippen LogP contribution in [0.15, 0.2) is 48.5 Å². The highest BCUT2D eigenvalue weighted by Gasteiger charge is 2.25. The molecule has 0 saturated carbocycles. The van der Waals surface area contributed by atoms with Crippen LogP contribution >= 0.6 is 11.6 Å². The van der Waals surface area contributed by atoms with Crippen molar-refractivity contribution >= 4 is 17.6 Å². The Morgan fingerprint density at radius 1 is 1.19 bits per heavy atom. The molecule has 3 nitrogen and oxygen atoms in total. The van der Waals surface area contributed by atoms with Crippen LogP contribution in [0.5, 0.6) is 5.75 Å². The van der Waals surface area contributed by atoms with Gasteiger partial charge >= 0.3 is 5.97 Å². The maximum atomic E-state index is 13.5. The number of halogens is 2. The van der Waals surface area contributed by atoms with Gasteiger partial charge in [-0.05, 0) is 23.8 Å². The number of ether oxygens (including phenoxy) is 2. The van der Waals surface area contributed by atoms with E-state index in [0.717, 1.165) is 0 Å². The van der Waals surface area contributed by atoms with E-state index in [-0.39, 0.29) is 12.4 Å². The van der Waals surface area contributed by atoms with Crippen molar-refractivity contribution in [2.45, 2.75) is 5.92 Å². The fourth-order valence-corrected chi connectivity index (χ4v) is 2.19. The highest BCUT2D eigenvalue weighted by atomic mass is 35.5. The molecule has 0 spiro atoms. The molecule has 0 N–H and O–H groups in total. The predicted octanol–water partition coefficient (Wildman–Crippen LogP) is 3.81. The molecule has 5 heteroatoms. The number of carbonyl (C=O) groups is 1. The number of methoxy groups -OCH3 is 1. The first-order valence-electron chi connectivity index (χ1n) is 6.33. The summed E-state index contributed by atoms with van der Waals surface area (Å²) in [4.78, 5) is 11.9. The molecule has 2 rings (SSSR count). The van der Waals surface area contributed by atoms with E-state index >= 15 is 0 Å². The van der Waals surface area contributed by atoms with Gasteiger partial charge in [-0.3, -0.25) is 4.79 Å². The summed E-state index contributed by atoms with van der Waals surface area (Å²) in [6, 6.07) is 12.9. The first kappa shape index (κ1) is 15.3. The van der Waals surface area contributed by atoms with Crippen molar-refractivity contribution in [2.75, 3.05) is 13.7 Å². The average molecular weight is 309 g/mol. The van der Waals surface area contributed by atoms with Gasteiger partial charge in [-0.2, -0.15) is 0 Å². The fourth-order valence-electron chi connectivity index (χ4n) is 1.92. The smallest absolute Gasteiger partial charge is 0.316 e. The van der Waals surface area contributed by atoms with E-state index in [1.165, 1.54) is 19.2 Å². The number of hydrogen-bond acceptors (Lipinski definition) is 3. The Labute approximate surface area is 127 Å². The maximum Gasteiger partial charge on any atom is 0.316 e. The molecular formula is C16H14ClFO3. The van der Waals surface area contributed by atoms with E-state index < -0.39 is 17.7 Å². The summed E-state index contributed by atoms with van der Waals surface area (Å²) in [6.45, 7) is -0.0582. The van der Waals surface area contributed by atoms with Crippen molar-refractivity contribution in [1.29, 1.82) is 0 Å². The zero-order valence-electron chi connectivity index (χ0n) is 11.4. The number of hydrogen-bond donors (Lipinski definition) is 0. The van der Waals surface area contributed by atoms with Gasteiger partial charge in [0, 0.05) is 5.02 Å². The van der Waals surface area contributed by atoms with E-state index in [1.807, 2.05) is 0 Å².